The first kappa shape index (κ1) is 15.9. The zero-order valence-corrected chi connectivity index (χ0v) is 12.9. The topological polar surface area (TPSA) is 77.5 Å². The highest BCUT2D eigenvalue weighted by Gasteiger charge is 2.21. The standard InChI is InChI=1S/C19H8F2O5/c20-13-5-1-3-9-7-11(18(23)25-16(9)13)15(22)12-8-10-4-2-6-14(21)17(10)26-19(12)24/h1-8H. The van der Waals surface area contributed by atoms with E-state index in [2.05, 4.69) is 0 Å². The molecule has 4 rings (SSSR count). The van der Waals surface area contributed by atoms with E-state index in [0.29, 0.717) is 0 Å². The number of hydrogen-bond acceptors (Lipinski definition) is 5. The average molecular weight is 354 g/mol. The molecule has 0 fully saturated rings. The van der Waals surface area contributed by atoms with Crippen LogP contribution in [-0.2, 0) is 0 Å². The van der Waals surface area contributed by atoms with Crippen molar-refractivity contribution in [1.82, 2.24) is 0 Å². The highest BCUT2D eigenvalue weighted by molar-refractivity contribution is 6.10. The lowest BCUT2D eigenvalue weighted by Crippen LogP contribution is -2.21. The Morgan fingerprint density at radius 2 is 1.15 bits per heavy atom. The third-order valence-corrected chi connectivity index (χ3v) is 3.91. The normalized spacial score (nSPS) is 11.2. The second-order valence-corrected chi connectivity index (χ2v) is 5.54. The van der Waals surface area contributed by atoms with Gasteiger partial charge in [-0.15, -0.1) is 0 Å². The maximum absolute atomic E-state index is 13.7. The Kier molecular flexibility index (Phi) is 3.50. The summed E-state index contributed by atoms with van der Waals surface area (Å²) in [6.45, 7) is 0. The number of rotatable bonds is 2. The summed E-state index contributed by atoms with van der Waals surface area (Å²) in [6, 6.07) is 10.2. The largest absolute Gasteiger partial charge is 0.419 e. The lowest BCUT2D eigenvalue weighted by Gasteiger charge is -2.03. The van der Waals surface area contributed by atoms with Crippen molar-refractivity contribution < 1.29 is 22.4 Å². The number of carbonyl (C=O) groups is 1. The predicted molar refractivity (Wildman–Crippen MR) is 88.3 cm³/mol. The number of benzene rings is 2. The van der Waals surface area contributed by atoms with Crippen LogP contribution in [0.15, 0.2) is 67.0 Å². The van der Waals surface area contributed by atoms with Gasteiger partial charge in [-0.2, -0.15) is 0 Å². The van der Waals surface area contributed by atoms with Crippen LogP contribution in [0.2, 0.25) is 0 Å². The van der Waals surface area contributed by atoms with Crippen LogP contribution in [-0.4, -0.2) is 5.78 Å². The molecule has 0 spiro atoms. The van der Waals surface area contributed by atoms with Gasteiger partial charge in [0.2, 0.25) is 5.78 Å². The predicted octanol–water partition coefficient (Wildman–Crippen LogP) is 3.41. The van der Waals surface area contributed by atoms with Crippen molar-refractivity contribution in [2.75, 3.05) is 0 Å². The van der Waals surface area contributed by atoms with E-state index in [1.54, 1.807) is 0 Å². The van der Waals surface area contributed by atoms with Crippen molar-refractivity contribution in [3.8, 4) is 0 Å². The summed E-state index contributed by atoms with van der Waals surface area (Å²) in [4.78, 5) is 36.8. The van der Waals surface area contributed by atoms with Crippen LogP contribution in [0.1, 0.15) is 15.9 Å². The van der Waals surface area contributed by atoms with Crippen LogP contribution in [0, 0.1) is 11.6 Å². The Morgan fingerprint density at radius 3 is 1.58 bits per heavy atom. The number of ketones is 1. The van der Waals surface area contributed by atoms with E-state index in [1.165, 1.54) is 24.3 Å². The monoisotopic (exact) mass is 354 g/mol. The van der Waals surface area contributed by atoms with Gasteiger partial charge in [-0.3, -0.25) is 4.79 Å². The molecule has 0 aliphatic rings. The van der Waals surface area contributed by atoms with Crippen LogP contribution in [0.25, 0.3) is 21.9 Å². The second kappa shape index (κ2) is 5.73. The van der Waals surface area contributed by atoms with Gasteiger partial charge in [0.15, 0.2) is 22.8 Å². The molecule has 0 saturated carbocycles. The molecule has 2 aromatic carbocycles. The molecule has 5 nitrogen and oxygen atoms in total. The Hall–Kier alpha value is -3.61. The van der Waals surface area contributed by atoms with Crippen LogP contribution in [0.4, 0.5) is 8.78 Å². The van der Waals surface area contributed by atoms with Crippen molar-refractivity contribution in [2.24, 2.45) is 0 Å². The molecule has 128 valence electrons. The number of halogens is 2. The minimum absolute atomic E-state index is 0.184. The number of hydrogen-bond donors (Lipinski definition) is 0. The van der Waals surface area contributed by atoms with Crippen LogP contribution in [0.5, 0.6) is 0 Å². The first-order valence-corrected chi connectivity index (χ1v) is 7.45. The second-order valence-electron chi connectivity index (χ2n) is 5.54. The first-order chi connectivity index (χ1) is 12.5. The zero-order chi connectivity index (χ0) is 18.4. The van der Waals surface area contributed by atoms with Gasteiger partial charge in [0.1, 0.15) is 11.1 Å². The maximum Gasteiger partial charge on any atom is 0.347 e. The molecule has 4 aromatic rings. The fourth-order valence-electron chi connectivity index (χ4n) is 2.68. The molecule has 2 aromatic heterocycles. The third kappa shape index (κ3) is 2.41. The minimum Gasteiger partial charge on any atom is -0.419 e. The molecule has 2 heterocycles. The van der Waals surface area contributed by atoms with Gasteiger partial charge in [-0.1, -0.05) is 24.3 Å². The summed E-state index contributed by atoms with van der Waals surface area (Å²) in [7, 11) is 0. The molecule has 0 aliphatic heterocycles. The van der Waals surface area contributed by atoms with Crippen molar-refractivity contribution >= 4 is 27.7 Å². The van der Waals surface area contributed by atoms with E-state index in [1.807, 2.05) is 0 Å². The minimum atomic E-state index is -1.09. The average Bonchev–Trinajstić information content (AvgIpc) is 2.62. The molecule has 0 saturated heterocycles. The van der Waals surface area contributed by atoms with E-state index in [0.717, 1.165) is 24.3 Å². The number of carbonyl (C=O) groups excluding carboxylic acids is 1. The Labute approximate surface area is 143 Å². The molecule has 0 unspecified atom stereocenters. The van der Waals surface area contributed by atoms with Crippen LogP contribution < -0.4 is 11.3 Å². The van der Waals surface area contributed by atoms with E-state index < -0.39 is 39.8 Å². The van der Waals surface area contributed by atoms with Crippen molar-refractivity contribution in [2.45, 2.75) is 0 Å². The highest BCUT2D eigenvalue weighted by Crippen LogP contribution is 2.20. The molecule has 0 aliphatic carbocycles. The highest BCUT2D eigenvalue weighted by atomic mass is 19.1. The Bertz CT molecular complexity index is 1220. The number of fused-ring (bicyclic) bond motifs is 2. The van der Waals surface area contributed by atoms with Gasteiger partial charge in [0, 0.05) is 10.8 Å². The van der Waals surface area contributed by atoms with Gasteiger partial charge >= 0.3 is 11.3 Å². The quantitative estimate of drug-likeness (QED) is 0.407. The van der Waals surface area contributed by atoms with E-state index in [4.69, 9.17) is 8.83 Å². The van der Waals surface area contributed by atoms with Gasteiger partial charge in [-0.05, 0) is 24.3 Å². The van der Waals surface area contributed by atoms with Crippen molar-refractivity contribution in [3.63, 3.8) is 0 Å². The lowest BCUT2D eigenvalue weighted by atomic mass is 10.0. The zero-order valence-electron chi connectivity index (χ0n) is 12.9. The van der Waals surface area contributed by atoms with Crippen LogP contribution in [0.3, 0.4) is 0 Å². The van der Waals surface area contributed by atoms with Gasteiger partial charge in [0.05, 0.1) is 0 Å². The molecule has 0 bridgehead atoms. The van der Waals surface area contributed by atoms with Crippen LogP contribution >= 0.6 is 0 Å². The third-order valence-electron chi connectivity index (χ3n) is 3.91. The maximum atomic E-state index is 13.7. The molecule has 0 amide bonds. The Balaban J connectivity index is 1.94. The molecule has 0 radical (unpaired) electrons. The van der Waals surface area contributed by atoms with Gasteiger partial charge < -0.3 is 8.83 Å². The smallest absolute Gasteiger partial charge is 0.347 e. The summed E-state index contributed by atoms with van der Waals surface area (Å²) in [6.07, 6.45) is 0. The fourth-order valence-corrected chi connectivity index (χ4v) is 2.68. The summed E-state index contributed by atoms with van der Waals surface area (Å²) < 4.78 is 37.1. The molecule has 0 N–H and O–H groups in total. The lowest BCUT2D eigenvalue weighted by molar-refractivity contribution is 0.103. The van der Waals surface area contributed by atoms with E-state index >= 15 is 0 Å². The molecule has 0 atom stereocenters. The number of para-hydroxylation sites is 2. The summed E-state index contributed by atoms with van der Waals surface area (Å²) in [5.74, 6) is -2.46. The molecule has 7 heteroatoms. The van der Waals surface area contributed by atoms with Crippen molar-refractivity contribution in [1.29, 1.82) is 0 Å². The molecular weight excluding hydrogens is 346 g/mol. The fraction of sp³-hybridized carbons (Fsp3) is 0. The SMILES string of the molecule is O=C(c1cc2cccc(F)c2oc1=O)c1cc2cccc(F)c2oc1=O. The van der Waals surface area contributed by atoms with Gasteiger partial charge in [0.25, 0.3) is 0 Å². The summed E-state index contributed by atoms with van der Waals surface area (Å²) in [5.41, 5.74) is -3.67. The van der Waals surface area contributed by atoms with Gasteiger partial charge in [-0.25, -0.2) is 18.4 Å². The molecular formula is C19H8F2O5. The summed E-state index contributed by atoms with van der Waals surface area (Å²) in [5, 5.41) is 0.369. The molecule has 26 heavy (non-hydrogen) atoms. The first-order valence-electron chi connectivity index (χ1n) is 7.45. The Morgan fingerprint density at radius 1 is 0.731 bits per heavy atom. The van der Waals surface area contributed by atoms with E-state index in [9.17, 15) is 23.2 Å². The van der Waals surface area contributed by atoms with Crippen molar-refractivity contribution in [3.05, 3.63) is 92.1 Å². The summed E-state index contributed by atoms with van der Waals surface area (Å²) >= 11 is 0. The van der Waals surface area contributed by atoms with E-state index in [-0.39, 0.29) is 21.9 Å².